The van der Waals surface area contributed by atoms with Gasteiger partial charge in [0.1, 0.15) is 30.4 Å². The van der Waals surface area contributed by atoms with Crippen LogP contribution in [0.5, 0.6) is 0 Å². The predicted octanol–water partition coefficient (Wildman–Crippen LogP) is 16.4. The fraction of sp³-hybridized carbons (Fsp3) is 0.143. The molecule has 5 nitrogen and oxygen atoms in total. The quantitative estimate of drug-likeness (QED) is 0.161. The number of hydrogen-bond donors (Lipinski definition) is 0. The van der Waals surface area contributed by atoms with Crippen LogP contribution in [0, 0.1) is 0 Å². The molecule has 0 spiro atoms. The molecule has 12 aromatic rings. The summed E-state index contributed by atoms with van der Waals surface area (Å²) < 4.78 is 13.2. The SMILES string of the molecule is CC(C)(C)c1ccc(N2c3cc(N(c4ccc5c(c4)-c4ccccc4[Si]5(C)C)c4ccc5oc6ccccc6c5c4)ccc3B3c4cc5c(cc4N(c4ccc(C(C)(C)C)cc4)c4cccc2c43)oc2ccccc25)cc1. The molecule has 3 aliphatic rings. The standard InChI is InChI=1S/C70H58BN3O2Si/c1-69(2,3)43-24-28-45(29-25-43)73-58-19-15-20-59-68(58)71(57-41-54-51-17-10-13-22-63(51)76-65(54)42-61(57)74(59)46-30-26-44(27-31-46)70(4,5)6)56-35-32-49(40-60(56)73)72(47-33-36-64-53(38-47)50-16-9-12-21-62(50)75-64)48-34-37-67-55(39-48)52-18-11-14-23-66(52)77(67,7)8/h9-42H,1-8H3. The maximum atomic E-state index is 6.72. The van der Waals surface area contributed by atoms with Gasteiger partial charge in [-0.1, -0.05) is 164 Å². The Labute approximate surface area is 451 Å². The van der Waals surface area contributed by atoms with Crippen LogP contribution in [-0.2, 0) is 10.8 Å². The van der Waals surface area contributed by atoms with Gasteiger partial charge in [-0.15, -0.1) is 0 Å². The van der Waals surface area contributed by atoms with Crippen molar-refractivity contribution in [3.8, 4) is 11.1 Å². The zero-order valence-corrected chi connectivity index (χ0v) is 45.9. The van der Waals surface area contributed by atoms with Crippen LogP contribution in [0.1, 0.15) is 52.7 Å². The summed E-state index contributed by atoms with van der Waals surface area (Å²) in [7, 11) is -1.92. The number of hydrogen-bond acceptors (Lipinski definition) is 5. The van der Waals surface area contributed by atoms with Gasteiger partial charge in [0.2, 0.25) is 0 Å². The molecule has 0 saturated heterocycles. The maximum absolute atomic E-state index is 6.72. The van der Waals surface area contributed by atoms with Gasteiger partial charge in [0.25, 0.3) is 6.71 Å². The van der Waals surface area contributed by atoms with Crippen LogP contribution in [0.2, 0.25) is 13.1 Å². The van der Waals surface area contributed by atoms with Crippen molar-refractivity contribution in [1.29, 1.82) is 0 Å². The van der Waals surface area contributed by atoms with Crippen molar-refractivity contribution in [2.75, 3.05) is 14.7 Å². The van der Waals surface area contributed by atoms with Gasteiger partial charge in [-0.05, 0) is 151 Å². The van der Waals surface area contributed by atoms with Crippen LogP contribution in [0.15, 0.2) is 215 Å². The largest absolute Gasteiger partial charge is 0.456 e. The minimum Gasteiger partial charge on any atom is -0.456 e. The summed E-state index contributed by atoms with van der Waals surface area (Å²) >= 11 is 0. The van der Waals surface area contributed by atoms with Crippen molar-refractivity contribution >= 4 is 137 Å². The average molecular weight is 1010 g/mol. The van der Waals surface area contributed by atoms with Gasteiger partial charge in [-0.25, -0.2) is 0 Å². The number of anilines is 9. The van der Waals surface area contributed by atoms with E-state index in [0.717, 1.165) is 89.4 Å². The molecule has 77 heavy (non-hydrogen) atoms. The summed E-state index contributed by atoms with van der Waals surface area (Å²) in [6.07, 6.45) is 0. The second-order valence-electron chi connectivity index (χ2n) is 24.2. The van der Waals surface area contributed by atoms with Crippen molar-refractivity contribution in [2.45, 2.75) is 65.5 Å². The molecule has 0 aliphatic carbocycles. The molecular weight excluding hydrogens is 954 g/mol. The first-order valence-corrected chi connectivity index (χ1v) is 30.2. The molecular formula is C70H58BN3O2Si. The minimum atomic E-state index is -1.92. The lowest BCUT2D eigenvalue weighted by molar-refractivity contribution is 0.590. The van der Waals surface area contributed by atoms with E-state index in [1.54, 1.807) is 0 Å². The molecule has 0 amide bonds. The third-order valence-electron chi connectivity index (χ3n) is 17.2. The van der Waals surface area contributed by atoms with E-state index in [1.807, 2.05) is 6.07 Å². The molecule has 15 rings (SSSR count). The van der Waals surface area contributed by atoms with E-state index < -0.39 is 8.07 Å². The van der Waals surface area contributed by atoms with E-state index >= 15 is 0 Å². The van der Waals surface area contributed by atoms with Crippen molar-refractivity contribution in [1.82, 2.24) is 0 Å². The Morgan fingerprint density at radius 1 is 0.390 bits per heavy atom. The Morgan fingerprint density at radius 3 is 1.55 bits per heavy atom. The molecule has 0 N–H and O–H groups in total. The third kappa shape index (κ3) is 6.85. The first-order chi connectivity index (χ1) is 37.2. The number of rotatable bonds is 5. The van der Waals surface area contributed by atoms with Crippen molar-refractivity contribution in [3.63, 3.8) is 0 Å². The zero-order valence-electron chi connectivity index (χ0n) is 44.9. The normalized spacial score (nSPS) is 14.3. The fourth-order valence-electron chi connectivity index (χ4n) is 13.2. The van der Waals surface area contributed by atoms with Crippen LogP contribution in [-0.4, -0.2) is 14.8 Å². The van der Waals surface area contributed by atoms with Crippen molar-refractivity contribution in [2.24, 2.45) is 0 Å². The smallest absolute Gasteiger partial charge is 0.252 e. The highest BCUT2D eigenvalue weighted by atomic mass is 28.3. The molecule has 2 aromatic heterocycles. The van der Waals surface area contributed by atoms with Crippen LogP contribution in [0.4, 0.5) is 51.2 Å². The Hall–Kier alpha value is -8.52. The highest BCUT2D eigenvalue weighted by Crippen LogP contribution is 2.48. The molecule has 0 fully saturated rings. The summed E-state index contributed by atoms with van der Waals surface area (Å²) in [5.74, 6) is 0. The van der Waals surface area contributed by atoms with E-state index in [9.17, 15) is 0 Å². The summed E-state index contributed by atoms with van der Waals surface area (Å²) in [5, 5.41) is 7.43. The molecule has 0 bridgehead atoms. The topological polar surface area (TPSA) is 36.0 Å². The molecule has 0 saturated carbocycles. The average Bonchev–Trinajstić information content (AvgIpc) is 4.09. The Bertz CT molecular complexity index is 4420. The van der Waals surface area contributed by atoms with Gasteiger partial charge in [-0.2, -0.15) is 0 Å². The number of para-hydroxylation sites is 2. The molecule has 10 aromatic carbocycles. The van der Waals surface area contributed by atoms with Crippen LogP contribution in [0.25, 0.3) is 55.0 Å². The Kier molecular flexibility index (Phi) is 9.67. The monoisotopic (exact) mass is 1010 g/mol. The maximum Gasteiger partial charge on any atom is 0.252 e. The summed E-state index contributed by atoms with van der Waals surface area (Å²) in [6.45, 7) is 18.6. The van der Waals surface area contributed by atoms with E-state index in [-0.39, 0.29) is 17.5 Å². The number of nitrogens with zero attached hydrogens (tertiary/aromatic N) is 3. The first kappa shape index (κ1) is 45.8. The van der Waals surface area contributed by atoms with E-state index in [1.165, 1.54) is 54.7 Å². The minimum absolute atomic E-state index is 0.00610. The summed E-state index contributed by atoms with van der Waals surface area (Å²) in [6, 6.07) is 77.3. The molecule has 372 valence electrons. The van der Waals surface area contributed by atoms with Gasteiger partial charge in [0, 0.05) is 78.8 Å². The molecule has 5 heterocycles. The van der Waals surface area contributed by atoms with E-state index in [4.69, 9.17) is 8.83 Å². The lowest BCUT2D eigenvalue weighted by atomic mass is 9.33. The van der Waals surface area contributed by atoms with Crippen molar-refractivity contribution < 1.29 is 8.83 Å². The second kappa shape index (κ2) is 16.2. The van der Waals surface area contributed by atoms with E-state index in [0.29, 0.717) is 0 Å². The summed E-state index contributed by atoms with van der Waals surface area (Å²) in [4.78, 5) is 7.50. The Morgan fingerprint density at radius 2 is 0.896 bits per heavy atom. The number of fused-ring (bicyclic) bond motifs is 13. The number of furan rings is 2. The lowest BCUT2D eigenvalue weighted by Gasteiger charge is -2.44. The molecule has 7 heteroatoms. The lowest BCUT2D eigenvalue weighted by Crippen LogP contribution is -2.61. The summed E-state index contributed by atoms with van der Waals surface area (Å²) in [5.41, 5.74) is 22.7. The van der Waals surface area contributed by atoms with Gasteiger partial charge >= 0.3 is 0 Å². The first-order valence-electron chi connectivity index (χ1n) is 27.2. The second-order valence-corrected chi connectivity index (χ2v) is 28.5. The molecule has 0 radical (unpaired) electrons. The highest BCUT2D eigenvalue weighted by Gasteiger charge is 2.44. The Balaban J connectivity index is 0.998. The zero-order chi connectivity index (χ0) is 52.3. The predicted molar refractivity (Wildman–Crippen MR) is 329 cm³/mol. The van der Waals surface area contributed by atoms with Gasteiger partial charge in [0.15, 0.2) is 0 Å². The third-order valence-corrected chi connectivity index (χ3v) is 20.7. The molecule has 3 aliphatic heterocycles. The van der Waals surface area contributed by atoms with Gasteiger partial charge < -0.3 is 23.5 Å². The number of benzene rings is 10. The van der Waals surface area contributed by atoms with Gasteiger partial charge in [0.05, 0.1) is 0 Å². The van der Waals surface area contributed by atoms with Crippen LogP contribution < -0.4 is 41.5 Å². The van der Waals surface area contributed by atoms with Crippen molar-refractivity contribution in [3.05, 3.63) is 217 Å². The van der Waals surface area contributed by atoms with Crippen LogP contribution in [0.3, 0.4) is 0 Å². The highest BCUT2D eigenvalue weighted by molar-refractivity contribution is 7.04. The van der Waals surface area contributed by atoms with Crippen LogP contribution >= 0.6 is 0 Å². The fourth-order valence-corrected chi connectivity index (χ4v) is 16.3. The van der Waals surface area contributed by atoms with Gasteiger partial charge in [-0.3, -0.25) is 0 Å². The van der Waals surface area contributed by atoms with E-state index in [2.05, 4.69) is 270 Å². The molecule has 0 atom stereocenters. The molecule has 0 unspecified atom stereocenters.